The molecule has 0 saturated heterocycles. The lowest BCUT2D eigenvalue weighted by Gasteiger charge is -2.27. The minimum absolute atomic E-state index is 0.0611. The van der Waals surface area contributed by atoms with Crippen LogP contribution < -0.4 is 0 Å². The van der Waals surface area contributed by atoms with Crippen molar-refractivity contribution in [2.24, 2.45) is 0 Å². The van der Waals surface area contributed by atoms with E-state index in [0.717, 1.165) is 0 Å². The van der Waals surface area contributed by atoms with Crippen LogP contribution in [0.3, 0.4) is 0 Å². The Morgan fingerprint density at radius 2 is 1.58 bits per heavy atom. The molecular formula is C15H15F7N2O5S2. The Bertz CT molecular complexity index is 904. The predicted octanol–water partition coefficient (Wildman–Crippen LogP) is 3.47. The first-order valence-corrected chi connectivity index (χ1v) is 10.7. The summed E-state index contributed by atoms with van der Waals surface area (Å²) in [6.45, 7) is 3.67. The van der Waals surface area contributed by atoms with E-state index in [4.69, 9.17) is 0 Å². The highest BCUT2D eigenvalue weighted by molar-refractivity contribution is 7.86. The molecule has 1 aromatic rings. The Morgan fingerprint density at radius 3 is 2.00 bits per heavy atom. The van der Waals surface area contributed by atoms with E-state index in [1.807, 2.05) is 0 Å². The molecule has 2 unspecified atom stereocenters. The summed E-state index contributed by atoms with van der Waals surface area (Å²) < 4.78 is 114. The Labute approximate surface area is 175 Å². The van der Waals surface area contributed by atoms with E-state index in [1.54, 1.807) is 13.8 Å². The lowest BCUT2D eigenvalue weighted by Crippen LogP contribution is -2.54. The van der Waals surface area contributed by atoms with Crippen LogP contribution in [-0.2, 0) is 26.4 Å². The standard InChI is InChI=1S/C15H15F7N2O5S2/c1-3-23(4-2)12(25)8-30(28)11-6-5-9(7-10(11)24(26)27)31(29)15(21,22)13(16,17)14(18,19)20/h5-7H,3-4,8H2,1-2H3. The predicted molar refractivity (Wildman–Crippen MR) is 94.7 cm³/mol. The molecule has 0 radical (unpaired) electrons. The van der Waals surface area contributed by atoms with Gasteiger partial charge in [0.15, 0.2) is 0 Å². The van der Waals surface area contributed by atoms with Gasteiger partial charge in [0.1, 0.15) is 21.4 Å². The van der Waals surface area contributed by atoms with Gasteiger partial charge in [-0.05, 0) is 26.0 Å². The summed E-state index contributed by atoms with van der Waals surface area (Å²) in [6, 6.07) is 0.920. The molecule has 0 heterocycles. The van der Waals surface area contributed by atoms with Crippen molar-refractivity contribution in [1.82, 2.24) is 4.90 Å². The molecule has 0 aliphatic heterocycles. The van der Waals surface area contributed by atoms with Gasteiger partial charge in [0.25, 0.3) is 5.69 Å². The van der Waals surface area contributed by atoms with Gasteiger partial charge in [-0.2, -0.15) is 30.7 Å². The number of carbonyl (C=O) groups is 1. The second kappa shape index (κ2) is 9.58. The molecule has 31 heavy (non-hydrogen) atoms. The first-order chi connectivity index (χ1) is 14.0. The van der Waals surface area contributed by atoms with Crippen LogP contribution in [0.25, 0.3) is 0 Å². The Morgan fingerprint density at radius 1 is 1.06 bits per heavy atom. The summed E-state index contributed by atoms with van der Waals surface area (Å²) in [5, 5.41) is 5.05. The number of amides is 1. The van der Waals surface area contributed by atoms with Crippen LogP contribution in [0, 0.1) is 10.1 Å². The highest BCUT2D eigenvalue weighted by Gasteiger charge is 2.76. The molecule has 0 aromatic heterocycles. The molecule has 7 nitrogen and oxygen atoms in total. The smallest absolute Gasteiger partial charge is 0.342 e. The van der Waals surface area contributed by atoms with Crippen molar-refractivity contribution in [3.8, 4) is 0 Å². The van der Waals surface area contributed by atoms with Crippen LogP contribution in [0.4, 0.5) is 36.4 Å². The van der Waals surface area contributed by atoms with Crippen LogP contribution >= 0.6 is 0 Å². The van der Waals surface area contributed by atoms with Crippen LogP contribution in [0.5, 0.6) is 0 Å². The summed E-state index contributed by atoms with van der Waals surface area (Å²) in [4.78, 5) is 21.1. The van der Waals surface area contributed by atoms with Crippen molar-refractivity contribution < 1.29 is 48.9 Å². The maximum absolute atomic E-state index is 13.7. The van der Waals surface area contributed by atoms with E-state index in [0.29, 0.717) is 12.1 Å². The topological polar surface area (TPSA) is 97.6 Å². The van der Waals surface area contributed by atoms with E-state index in [-0.39, 0.29) is 19.2 Å². The van der Waals surface area contributed by atoms with Crippen molar-refractivity contribution >= 4 is 33.2 Å². The molecule has 176 valence electrons. The van der Waals surface area contributed by atoms with Crippen molar-refractivity contribution in [3.05, 3.63) is 28.3 Å². The molecule has 0 aliphatic carbocycles. The van der Waals surface area contributed by atoms with Gasteiger partial charge in [-0.3, -0.25) is 19.1 Å². The van der Waals surface area contributed by atoms with Gasteiger partial charge in [0.05, 0.1) is 20.6 Å². The highest BCUT2D eigenvalue weighted by Crippen LogP contribution is 2.49. The fraction of sp³-hybridized carbons (Fsp3) is 0.533. The van der Waals surface area contributed by atoms with Gasteiger partial charge in [0, 0.05) is 19.2 Å². The number of alkyl halides is 7. The minimum atomic E-state index is -6.75. The number of halogens is 7. The summed E-state index contributed by atoms with van der Waals surface area (Å²) in [7, 11) is -6.75. The molecule has 0 saturated carbocycles. The average Bonchev–Trinajstić information content (AvgIpc) is 2.66. The first kappa shape index (κ1) is 26.9. The number of carbonyl (C=O) groups excluding carboxylic acids is 1. The third-order valence-corrected chi connectivity index (χ3v) is 6.66. The lowest BCUT2D eigenvalue weighted by molar-refractivity contribution is -0.388. The van der Waals surface area contributed by atoms with E-state index in [2.05, 4.69) is 0 Å². The lowest BCUT2D eigenvalue weighted by atomic mass is 10.3. The number of nitro groups is 1. The number of rotatable bonds is 9. The third-order valence-electron chi connectivity index (χ3n) is 3.91. The van der Waals surface area contributed by atoms with Gasteiger partial charge < -0.3 is 4.90 Å². The van der Waals surface area contributed by atoms with Crippen LogP contribution in [-0.4, -0.2) is 60.3 Å². The zero-order valence-electron chi connectivity index (χ0n) is 15.8. The van der Waals surface area contributed by atoms with Gasteiger partial charge in [-0.25, -0.2) is 4.21 Å². The number of hydrogen-bond donors (Lipinski definition) is 0. The van der Waals surface area contributed by atoms with Gasteiger partial charge in [0.2, 0.25) is 5.91 Å². The average molecular weight is 500 g/mol. The number of nitro benzene ring substituents is 1. The third kappa shape index (κ3) is 5.39. The molecule has 1 aromatic carbocycles. The minimum Gasteiger partial charge on any atom is -0.342 e. The second-order valence-electron chi connectivity index (χ2n) is 5.80. The van der Waals surface area contributed by atoms with Gasteiger partial charge in [-0.1, -0.05) is 0 Å². The number of benzene rings is 1. The fourth-order valence-corrected chi connectivity index (χ4v) is 4.44. The molecule has 0 spiro atoms. The summed E-state index contributed by atoms with van der Waals surface area (Å²) in [5.41, 5.74) is -1.23. The number of nitrogens with zero attached hydrogens (tertiary/aromatic N) is 2. The van der Waals surface area contributed by atoms with Crippen LogP contribution in [0.2, 0.25) is 0 Å². The zero-order chi connectivity index (χ0) is 24.4. The Kier molecular flexibility index (Phi) is 8.33. The van der Waals surface area contributed by atoms with E-state index in [1.165, 1.54) is 4.90 Å². The van der Waals surface area contributed by atoms with Crippen molar-refractivity contribution in [2.75, 3.05) is 18.8 Å². The zero-order valence-corrected chi connectivity index (χ0v) is 17.4. The molecule has 0 N–H and O–H groups in total. The molecular weight excluding hydrogens is 485 g/mol. The summed E-state index contributed by atoms with van der Waals surface area (Å²) in [5.74, 6) is -8.11. The maximum Gasteiger partial charge on any atom is 0.461 e. The SMILES string of the molecule is CCN(CC)C(=O)CS(=O)c1ccc(S(=O)C(F)(F)C(F)(F)C(F)(F)F)cc1[N+](=O)[O-]. The van der Waals surface area contributed by atoms with Gasteiger partial charge >= 0.3 is 17.4 Å². The highest BCUT2D eigenvalue weighted by atomic mass is 32.2. The fourth-order valence-electron chi connectivity index (χ4n) is 2.23. The van der Waals surface area contributed by atoms with Gasteiger partial charge in [-0.15, -0.1) is 0 Å². The molecule has 0 aliphatic rings. The molecule has 0 bridgehead atoms. The monoisotopic (exact) mass is 500 g/mol. The second-order valence-corrected chi connectivity index (χ2v) is 8.74. The first-order valence-electron chi connectivity index (χ1n) is 8.21. The summed E-state index contributed by atoms with van der Waals surface area (Å²) >= 11 is 0. The molecule has 1 amide bonds. The van der Waals surface area contributed by atoms with Crippen molar-refractivity contribution in [2.45, 2.75) is 41.0 Å². The molecule has 0 fully saturated rings. The van der Waals surface area contributed by atoms with E-state index >= 15 is 0 Å². The molecule has 2 atom stereocenters. The van der Waals surface area contributed by atoms with E-state index < -0.39 is 71.0 Å². The Hall–Kier alpha value is -2.10. The Balaban J connectivity index is 3.38. The number of hydrogen-bond acceptors (Lipinski definition) is 5. The molecule has 16 heteroatoms. The van der Waals surface area contributed by atoms with Crippen LogP contribution in [0.1, 0.15) is 13.8 Å². The summed E-state index contributed by atoms with van der Waals surface area (Å²) in [6.07, 6.45) is -6.75. The largest absolute Gasteiger partial charge is 0.461 e. The van der Waals surface area contributed by atoms with Crippen LogP contribution in [0.15, 0.2) is 28.0 Å². The normalized spacial score (nSPS) is 14.7. The van der Waals surface area contributed by atoms with Crippen molar-refractivity contribution in [3.63, 3.8) is 0 Å². The maximum atomic E-state index is 13.7. The van der Waals surface area contributed by atoms with Crippen molar-refractivity contribution in [1.29, 1.82) is 0 Å². The van der Waals surface area contributed by atoms with E-state index in [9.17, 15) is 54.1 Å². The molecule has 1 rings (SSSR count). The quantitative estimate of drug-likeness (QED) is 0.294.